The molecule has 0 atom stereocenters. The highest BCUT2D eigenvalue weighted by Crippen LogP contribution is 2.48. The molecule has 0 saturated carbocycles. The topological polar surface area (TPSA) is 91.4 Å². The molecule has 0 unspecified atom stereocenters. The number of thiocarbonyl (C=S) groups is 1. The van der Waals surface area contributed by atoms with E-state index in [0.717, 1.165) is 72.0 Å². The standard InChI is InChI=1S/C49H53N3O5S2/c1-48(2)41-18-8-9-19-42(41)51(31-10-11-33-59(53,54)55)44(48)28-21-36-15-12-16-37(47(36)57-39-25-23-38(56-5)24-26-39)22-29-45-49(3,4)46-40-17-7-6-14-35(40)20-27-43(46)52(45)32-13-30-50-34-58/h6-9,14,17-29H,10-13,15-16,30-33H2,1-5H3/p+1. The Morgan fingerprint density at radius 2 is 1.63 bits per heavy atom. The third kappa shape index (κ3) is 8.92. The van der Waals surface area contributed by atoms with Crippen LogP contribution in [0.5, 0.6) is 11.5 Å². The SMILES string of the molecule is COc1ccc(OC2=C(/C=C/C3=[N+](CCCN=C=S)c4ccc5ccccc5c4C3(C)C)CCC/C2=C\C=C2\N(CCCCS(=O)(=O)O)c3ccccc3C2(C)C)cc1. The molecule has 1 aliphatic carbocycles. The Balaban J connectivity index is 1.31. The number of anilines is 1. The smallest absolute Gasteiger partial charge is 0.264 e. The van der Waals surface area contributed by atoms with Crippen molar-refractivity contribution >= 4 is 55.4 Å². The number of para-hydroxylation sites is 1. The fourth-order valence-corrected chi connectivity index (χ4v) is 9.70. The molecule has 1 N–H and O–H groups in total. The number of hydrogen-bond donors (Lipinski definition) is 1. The summed E-state index contributed by atoms with van der Waals surface area (Å²) < 4.78 is 47.2. The van der Waals surface area contributed by atoms with Crippen LogP contribution < -0.4 is 14.4 Å². The Labute approximate surface area is 354 Å². The maximum absolute atomic E-state index is 11.5. The Morgan fingerprint density at radius 1 is 0.881 bits per heavy atom. The van der Waals surface area contributed by atoms with Crippen LogP contribution in [0.4, 0.5) is 11.4 Å². The van der Waals surface area contributed by atoms with Gasteiger partial charge in [-0.3, -0.25) is 4.55 Å². The van der Waals surface area contributed by atoms with Crippen LogP contribution in [0, 0.1) is 0 Å². The second-order valence-corrected chi connectivity index (χ2v) is 18.3. The number of aliphatic imine (C=N–C) groups is 1. The van der Waals surface area contributed by atoms with Gasteiger partial charge in [0.15, 0.2) is 12.3 Å². The third-order valence-electron chi connectivity index (χ3n) is 11.9. The maximum atomic E-state index is 11.5. The van der Waals surface area contributed by atoms with Gasteiger partial charge < -0.3 is 14.4 Å². The number of fused-ring (bicyclic) bond motifs is 4. The van der Waals surface area contributed by atoms with E-state index in [1.165, 1.54) is 33.3 Å². The summed E-state index contributed by atoms with van der Waals surface area (Å²) >= 11 is 4.88. The van der Waals surface area contributed by atoms with Crippen molar-refractivity contribution in [2.45, 2.75) is 77.0 Å². The van der Waals surface area contributed by atoms with Gasteiger partial charge in [-0.15, -0.1) is 0 Å². The molecule has 0 spiro atoms. The van der Waals surface area contributed by atoms with Gasteiger partial charge >= 0.3 is 0 Å². The number of methoxy groups -OCH3 is 1. The molecule has 4 aromatic carbocycles. The Morgan fingerprint density at radius 3 is 2.39 bits per heavy atom. The van der Waals surface area contributed by atoms with Crippen molar-refractivity contribution in [2.24, 2.45) is 4.99 Å². The van der Waals surface area contributed by atoms with Crippen LogP contribution in [0.25, 0.3) is 10.8 Å². The normalized spacial score (nSPS) is 18.5. The first kappa shape index (κ1) is 42.0. The molecule has 0 aromatic heterocycles. The Hall–Kier alpha value is -5.12. The molecular weight excluding hydrogens is 775 g/mol. The zero-order valence-electron chi connectivity index (χ0n) is 34.7. The lowest BCUT2D eigenvalue weighted by molar-refractivity contribution is -0.437. The highest BCUT2D eigenvalue weighted by atomic mass is 32.2. The minimum absolute atomic E-state index is 0.249. The number of allylic oxidation sites excluding steroid dienone is 7. The van der Waals surface area contributed by atoms with Crippen molar-refractivity contribution < 1.29 is 27.0 Å². The average Bonchev–Trinajstić information content (AvgIpc) is 3.58. The first-order chi connectivity index (χ1) is 28.3. The van der Waals surface area contributed by atoms with E-state index >= 15 is 0 Å². The monoisotopic (exact) mass is 828 g/mol. The van der Waals surface area contributed by atoms with Crippen molar-refractivity contribution in [3.8, 4) is 11.5 Å². The van der Waals surface area contributed by atoms with E-state index in [0.29, 0.717) is 25.9 Å². The summed E-state index contributed by atoms with van der Waals surface area (Å²) in [6, 6.07) is 29.3. The van der Waals surface area contributed by atoms with Crippen molar-refractivity contribution in [3.05, 3.63) is 143 Å². The average molecular weight is 829 g/mol. The van der Waals surface area contributed by atoms with Gasteiger partial charge in [-0.2, -0.15) is 13.0 Å². The number of hydrogen-bond acceptors (Lipinski definition) is 7. The van der Waals surface area contributed by atoms with Crippen LogP contribution >= 0.6 is 12.2 Å². The first-order valence-corrected chi connectivity index (χ1v) is 22.5. The number of ether oxygens (including phenoxy) is 2. The number of nitrogens with zero attached hydrogens (tertiary/aromatic N) is 3. The molecule has 0 saturated heterocycles. The molecule has 4 aromatic rings. The summed E-state index contributed by atoms with van der Waals surface area (Å²) in [5.41, 5.74) is 8.92. The summed E-state index contributed by atoms with van der Waals surface area (Å²) in [7, 11) is -2.36. The molecule has 8 nitrogen and oxygen atoms in total. The van der Waals surface area contributed by atoms with Gasteiger partial charge in [0, 0.05) is 47.5 Å². The van der Waals surface area contributed by atoms with Crippen LogP contribution in [0.3, 0.4) is 0 Å². The zero-order chi connectivity index (χ0) is 41.8. The van der Waals surface area contributed by atoms with Gasteiger partial charge in [0.05, 0.1) is 30.0 Å². The van der Waals surface area contributed by atoms with Crippen molar-refractivity contribution in [1.82, 2.24) is 0 Å². The third-order valence-corrected chi connectivity index (χ3v) is 12.9. The molecule has 0 fully saturated rings. The van der Waals surface area contributed by atoms with Crippen LogP contribution in [0.2, 0.25) is 0 Å². The van der Waals surface area contributed by atoms with E-state index in [9.17, 15) is 13.0 Å². The Kier molecular flexibility index (Phi) is 12.5. The van der Waals surface area contributed by atoms with Crippen LogP contribution in [-0.4, -0.2) is 60.9 Å². The van der Waals surface area contributed by atoms with Gasteiger partial charge in [0.25, 0.3) is 10.1 Å². The van der Waals surface area contributed by atoms with Gasteiger partial charge in [-0.1, -0.05) is 62.4 Å². The number of unbranched alkanes of at least 4 members (excludes halogenated alkanes) is 1. The summed E-state index contributed by atoms with van der Waals surface area (Å²) in [6.45, 7) is 11.2. The number of isothiocyanates is 1. The predicted octanol–water partition coefficient (Wildman–Crippen LogP) is 11.1. The van der Waals surface area contributed by atoms with Gasteiger partial charge in [-0.25, -0.2) is 4.99 Å². The van der Waals surface area contributed by atoms with Crippen LogP contribution in [0.15, 0.2) is 137 Å². The molecule has 10 heteroatoms. The predicted molar refractivity (Wildman–Crippen MR) is 244 cm³/mol. The van der Waals surface area contributed by atoms with E-state index < -0.39 is 10.1 Å². The molecule has 306 valence electrons. The van der Waals surface area contributed by atoms with Crippen LogP contribution in [0.1, 0.15) is 77.3 Å². The quantitative estimate of drug-likeness (QED) is 0.0419. The first-order valence-electron chi connectivity index (χ1n) is 20.5. The fraction of sp³-hybridized carbons (Fsp3) is 0.347. The fourth-order valence-electron chi connectivity index (χ4n) is 9.04. The highest BCUT2D eigenvalue weighted by Gasteiger charge is 2.45. The van der Waals surface area contributed by atoms with E-state index in [-0.39, 0.29) is 16.6 Å². The molecule has 0 bridgehead atoms. The molecule has 7 rings (SSSR count). The summed E-state index contributed by atoms with van der Waals surface area (Å²) in [5, 5.41) is 5.02. The minimum atomic E-state index is -4.02. The maximum Gasteiger partial charge on any atom is 0.264 e. The second kappa shape index (κ2) is 17.6. The number of benzene rings is 4. The summed E-state index contributed by atoms with van der Waals surface area (Å²) in [4.78, 5) is 6.53. The van der Waals surface area contributed by atoms with Gasteiger partial charge in [0.1, 0.15) is 17.3 Å². The molecule has 2 aliphatic heterocycles. The lowest BCUT2D eigenvalue weighted by Crippen LogP contribution is -2.28. The summed E-state index contributed by atoms with van der Waals surface area (Å²) in [5.74, 6) is 2.10. The second-order valence-electron chi connectivity index (χ2n) is 16.5. The molecule has 3 aliphatic rings. The van der Waals surface area contributed by atoms with Crippen LogP contribution in [-0.2, 0) is 20.9 Å². The highest BCUT2D eigenvalue weighted by molar-refractivity contribution is 7.85. The lowest BCUT2D eigenvalue weighted by atomic mass is 9.78. The Bertz CT molecular complexity index is 2560. The van der Waals surface area contributed by atoms with E-state index in [1.807, 2.05) is 30.3 Å². The molecule has 0 radical (unpaired) electrons. The van der Waals surface area contributed by atoms with Crippen molar-refractivity contribution in [1.29, 1.82) is 0 Å². The summed E-state index contributed by atoms with van der Waals surface area (Å²) in [6.07, 6.45) is 13.5. The minimum Gasteiger partial charge on any atom is -0.497 e. The molecule has 59 heavy (non-hydrogen) atoms. The van der Waals surface area contributed by atoms with E-state index in [2.05, 4.69) is 126 Å². The van der Waals surface area contributed by atoms with Crippen molar-refractivity contribution in [2.75, 3.05) is 37.4 Å². The number of rotatable bonds is 15. The molecule has 0 amide bonds. The van der Waals surface area contributed by atoms with Crippen molar-refractivity contribution in [3.63, 3.8) is 0 Å². The van der Waals surface area contributed by atoms with Gasteiger partial charge in [0.2, 0.25) is 5.69 Å². The molecule has 2 heterocycles. The molecular formula is C49H54N3O5S2+. The van der Waals surface area contributed by atoms with Gasteiger partial charge in [-0.05, 0) is 134 Å². The zero-order valence-corrected chi connectivity index (χ0v) is 36.3. The van der Waals surface area contributed by atoms with E-state index in [4.69, 9.17) is 21.7 Å². The lowest BCUT2D eigenvalue weighted by Gasteiger charge is -2.27. The largest absolute Gasteiger partial charge is 0.497 e. The van der Waals surface area contributed by atoms with E-state index in [1.54, 1.807) is 7.11 Å².